The number of halogens is 1. The first-order valence-corrected chi connectivity index (χ1v) is 6.57. The topological polar surface area (TPSA) is 55.1 Å². The second-order valence-corrected chi connectivity index (χ2v) is 5.45. The van der Waals surface area contributed by atoms with Crippen LogP contribution in [0.3, 0.4) is 0 Å². The van der Waals surface area contributed by atoms with E-state index in [1.807, 2.05) is 0 Å². The molecule has 3 N–H and O–H groups in total. The van der Waals surface area contributed by atoms with Crippen molar-refractivity contribution in [2.45, 2.75) is 18.1 Å². The standard InChI is InChI=1S/C11H13ClN2OS/c12-8-6-7(13)3-4-9(8)14-11(15)10-2-1-5-16-10/h3-4,6,10H,1-2,5,13H2,(H,14,15). The van der Waals surface area contributed by atoms with Crippen LogP contribution in [-0.4, -0.2) is 16.9 Å². The fourth-order valence-electron chi connectivity index (χ4n) is 1.63. The third kappa shape index (κ3) is 2.62. The molecular weight excluding hydrogens is 244 g/mol. The van der Waals surface area contributed by atoms with Gasteiger partial charge in [0.15, 0.2) is 0 Å². The quantitative estimate of drug-likeness (QED) is 0.800. The van der Waals surface area contributed by atoms with Gasteiger partial charge in [0.1, 0.15) is 0 Å². The van der Waals surface area contributed by atoms with Gasteiger partial charge in [-0.2, -0.15) is 0 Å². The highest BCUT2D eigenvalue weighted by atomic mass is 35.5. The molecule has 1 aliphatic rings. The summed E-state index contributed by atoms with van der Waals surface area (Å²) in [6, 6.07) is 5.09. The summed E-state index contributed by atoms with van der Waals surface area (Å²) in [5.41, 5.74) is 6.81. The Balaban J connectivity index is 2.05. The van der Waals surface area contributed by atoms with E-state index in [-0.39, 0.29) is 11.2 Å². The molecule has 0 saturated carbocycles. The molecule has 16 heavy (non-hydrogen) atoms. The molecule has 1 amide bonds. The summed E-state index contributed by atoms with van der Waals surface area (Å²) in [4.78, 5) is 11.8. The van der Waals surface area contributed by atoms with Gasteiger partial charge < -0.3 is 11.1 Å². The molecule has 1 aliphatic heterocycles. The molecule has 0 aliphatic carbocycles. The Bertz CT molecular complexity index is 405. The number of hydrogen-bond donors (Lipinski definition) is 2. The van der Waals surface area contributed by atoms with E-state index in [0.29, 0.717) is 16.4 Å². The Hall–Kier alpha value is -0.870. The summed E-state index contributed by atoms with van der Waals surface area (Å²) in [6.45, 7) is 0. The summed E-state index contributed by atoms with van der Waals surface area (Å²) >= 11 is 7.68. The zero-order chi connectivity index (χ0) is 11.5. The maximum atomic E-state index is 11.8. The van der Waals surface area contributed by atoms with Crippen LogP contribution in [0.1, 0.15) is 12.8 Å². The van der Waals surface area contributed by atoms with E-state index in [1.165, 1.54) is 0 Å². The number of nitrogens with two attached hydrogens (primary N) is 1. The lowest BCUT2D eigenvalue weighted by Gasteiger charge is -2.11. The van der Waals surface area contributed by atoms with E-state index in [9.17, 15) is 4.79 Å². The molecule has 0 aromatic heterocycles. The van der Waals surface area contributed by atoms with Crippen molar-refractivity contribution in [3.8, 4) is 0 Å². The molecule has 1 heterocycles. The molecule has 0 spiro atoms. The van der Waals surface area contributed by atoms with Crippen LogP contribution >= 0.6 is 23.4 Å². The Labute approximate surface area is 104 Å². The van der Waals surface area contributed by atoms with Crippen molar-refractivity contribution in [2.24, 2.45) is 0 Å². The number of thioether (sulfide) groups is 1. The van der Waals surface area contributed by atoms with Gasteiger partial charge in [0.2, 0.25) is 5.91 Å². The van der Waals surface area contributed by atoms with Crippen LogP contribution in [0.15, 0.2) is 18.2 Å². The normalized spacial score (nSPS) is 19.7. The smallest absolute Gasteiger partial charge is 0.237 e. The van der Waals surface area contributed by atoms with Gasteiger partial charge in [0.25, 0.3) is 0 Å². The van der Waals surface area contributed by atoms with E-state index >= 15 is 0 Å². The van der Waals surface area contributed by atoms with Gasteiger partial charge >= 0.3 is 0 Å². The number of rotatable bonds is 2. The zero-order valence-corrected chi connectivity index (χ0v) is 10.3. The molecule has 86 valence electrons. The number of carbonyl (C=O) groups is 1. The number of benzene rings is 1. The van der Waals surface area contributed by atoms with Gasteiger partial charge in [-0.25, -0.2) is 0 Å². The zero-order valence-electron chi connectivity index (χ0n) is 8.70. The van der Waals surface area contributed by atoms with Crippen LogP contribution < -0.4 is 11.1 Å². The molecule has 5 heteroatoms. The summed E-state index contributed by atoms with van der Waals surface area (Å²) in [5.74, 6) is 1.10. The third-order valence-corrected chi connectivity index (χ3v) is 4.16. The van der Waals surface area contributed by atoms with Crippen LogP contribution in [0.25, 0.3) is 0 Å². The van der Waals surface area contributed by atoms with Crippen molar-refractivity contribution in [1.82, 2.24) is 0 Å². The molecule has 1 aromatic rings. The Morgan fingerprint density at radius 1 is 1.56 bits per heavy atom. The molecule has 1 fully saturated rings. The first-order valence-electron chi connectivity index (χ1n) is 5.14. The van der Waals surface area contributed by atoms with E-state index in [0.717, 1.165) is 18.6 Å². The Morgan fingerprint density at radius 3 is 3.00 bits per heavy atom. The average Bonchev–Trinajstić information content (AvgIpc) is 2.75. The number of nitrogen functional groups attached to an aromatic ring is 1. The van der Waals surface area contributed by atoms with E-state index in [1.54, 1.807) is 30.0 Å². The van der Waals surface area contributed by atoms with Crippen molar-refractivity contribution in [3.63, 3.8) is 0 Å². The molecule has 1 atom stereocenters. The maximum absolute atomic E-state index is 11.8. The highest BCUT2D eigenvalue weighted by Crippen LogP contribution is 2.29. The second kappa shape index (κ2) is 4.97. The summed E-state index contributed by atoms with van der Waals surface area (Å²) in [6.07, 6.45) is 2.06. The third-order valence-electron chi connectivity index (χ3n) is 2.47. The Morgan fingerprint density at radius 2 is 2.38 bits per heavy atom. The lowest BCUT2D eigenvalue weighted by Crippen LogP contribution is -2.23. The van der Waals surface area contributed by atoms with Gasteiger partial charge in [-0.1, -0.05) is 11.6 Å². The molecule has 1 aromatic carbocycles. The summed E-state index contributed by atoms with van der Waals surface area (Å²) in [5, 5.41) is 3.38. The van der Waals surface area contributed by atoms with E-state index in [2.05, 4.69) is 5.32 Å². The SMILES string of the molecule is Nc1ccc(NC(=O)C2CCCS2)c(Cl)c1. The molecule has 1 saturated heterocycles. The number of anilines is 2. The monoisotopic (exact) mass is 256 g/mol. The lowest BCUT2D eigenvalue weighted by molar-refractivity contribution is -0.115. The van der Waals surface area contributed by atoms with Gasteiger partial charge in [0, 0.05) is 5.69 Å². The van der Waals surface area contributed by atoms with Gasteiger partial charge in [0.05, 0.1) is 16.0 Å². The van der Waals surface area contributed by atoms with Gasteiger partial charge in [-0.3, -0.25) is 4.79 Å². The minimum Gasteiger partial charge on any atom is -0.399 e. The second-order valence-electron chi connectivity index (χ2n) is 3.73. The van der Waals surface area contributed by atoms with Crippen LogP contribution in [0.2, 0.25) is 5.02 Å². The molecule has 0 bridgehead atoms. The van der Waals surface area contributed by atoms with E-state index in [4.69, 9.17) is 17.3 Å². The van der Waals surface area contributed by atoms with E-state index < -0.39 is 0 Å². The van der Waals surface area contributed by atoms with Crippen molar-refractivity contribution in [1.29, 1.82) is 0 Å². The molecule has 3 nitrogen and oxygen atoms in total. The minimum atomic E-state index is 0.0363. The number of nitrogens with one attached hydrogen (secondary N) is 1. The van der Waals surface area contributed by atoms with Gasteiger partial charge in [-0.05, 0) is 36.8 Å². The molecule has 1 unspecified atom stereocenters. The largest absolute Gasteiger partial charge is 0.399 e. The summed E-state index contributed by atoms with van der Waals surface area (Å²) in [7, 11) is 0. The minimum absolute atomic E-state index is 0.0363. The van der Waals surface area contributed by atoms with Crippen molar-refractivity contribution in [2.75, 3.05) is 16.8 Å². The number of amides is 1. The average molecular weight is 257 g/mol. The van der Waals surface area contributed by atoms with Gasteiger partial charge in [-0.15, -0.1) is 11.8 Å². The number of carbonyl (C=O) groups excluding carboxylic acids is 1. The van der Waals surface area contributed by atoms with Crippen LogP contribution in [0.4, 0.5) is 11.4 Å². The predicted octanol–water partition coefficient (Wildman–Crippen LogP) is 2.76. The van der Waals surface area contributed by atoms with Crippen LogP contribution in [0, 0.1) is 0 Å². The molecular formula is C11H13ClN2OS. The van der Waals surface area contributed by atoms with Crippen LogP contribution in [-0.2, 0) is 4.79 Å². The highest BCUT2D eigenvalue weighted by Gasteiger charge is 2.23. The fourth-order valence-corrected chi connectivity index (χ4v) is 3.03. The van der Waals surface area contributed by atoms with Crippen molar-refractivity contribution in [3.05, 3.63) is 23.2 Å². The first kappa shape index (κ1) is 11.6. The fraction of sp³-hybridized carbons (Fsp3) is 0.364. The predicted molar refractivity (Wildman–Crippen MR) is 70.0 cm³/mol. The van der Waals surface area contributed by atoms with Crippen LogP contribution in [0.5, 0.6) is 0 Å². The summed E-state index contributed by atoms with van der Waals surface area (Å²) < 4.78 is 0. The lowest BCUT2D eigenvalue weighted by atomic mass is 10.2. The highest BCUT2D eigenvalue weighted by molar-refractivity contribution is 8.00. The van der Waals surface area contributed by atoms with Crippen molar-refractivity contribution >= 4 is 40.6 Å². The molecule has 0 radical (unpaired) electrons. The number of hydrogen-bond acceptors (Lipinski definition) is 3. The first-order chi connectivity index (χ1) is 7.66. The maximum Gasteiger partial charge on any atom is 0.237 e. The van der Waals surface area contributed by atoms with Crippen molar-refractivity contribution < 1.29 is 4.79 Å². The molecule has 2 rings (SSSR count). The Kier molecular flexibility index (Phi) is 3.61.